The van der Waals surface area contributed by atoms with Crippen molar-refractivity contribution in [2.45, 2.75) is 51.7 Å². The first-order valence-corrected chi connectivity index (χ1v) is 9.32. The number of anilines is 2. The van der Waals surface area contributed by atoms with E-state index in [4.69, 9.17) is 0 Å². The number of nitrogens with zero attached hydrogens (tertiary/aromatic N) is 3. The molecule has 2 aromatic heterocycles. The lowest BCUT2D eigenvalue weighted by Gasteiger charge is -2.31. The van der Waals surface area contributed by atoms with E-state index in [9.17, 15) is 5.11 Å². The predicted octanol–water partition coefficient (Wildman–Crippen LogP) is 3.41. The molecule has 3 rings (SSSR count). The van der Waals surface area contributed by atoms with Gasteiger partial charge in [-0.1, -0.05) is 20.8 Å². The molecule has 0 unspecified atom stereocenters. The molecule has 0 aliphatic carbocycles. The van der Waals surface area contributed by atoms with Crippen molar-refractivity contribution in [2.75, 3.05) is 23.3 Å². The zero-order valence-electron chi connectivity index (χ0n) is 14.6. The average Bonchev–Trinajstić information content (AvgIpc) is 3.03. The van der Waals surface area contributed by atoms with Crippen LogP contribution in [-0.2, 0) is 12.0 Å². The highest BCUT2D eigenvalue weighted by Crippen LogP contribution is 2.29. The number of pyridine rings is 1. The molecule has 0 amide bonds. The van der Waals surface area contributed by atoms with Gasteiger partial charge in [-0.25, -0.2) is 9.97 Å². The van der Waals surface area contributed by atoms with E-state index in [1.807, 2.05) is 18.5 Å². The minimum Gasteiger partial charge on any atom is -0.393 e. The van der Waals surface area contributed by atoms with Crippen LogP contribution in [0.1, 0.15) is 43.5 Å². The Balaban J connectivity index is 1.68. The zero-order chi connectivity index (χ0) is 17.2. The standard InChI is InChI=1S/C18H26N4OS/c1-18(2,3)15-11-21-16(24-15)12-20-14-5-4-8-19-17(14)22-9-6-13(23)7-10-22/h4-5,8,11,13,20,23H,6-7,9-10,12H2,1-3H3. The molecule has 6 heteroatoms. The number of nitrogens with one attached hydrogen (secondary N) is 1. The third-order valence-electron chi connectivity index (χ3n) is 4.27. The summed E-state index contributed by atoms with van der Waals surface area (Å²) in [5.74, 6) is 0.969. The maximum Gasteiger partial charge on any atom is 0.151 e. The first kappa shape index (κ1) is 17.2. The number of piperidine rings is 1. The van der Waals surface area contributed by atoms with Gasteiger partial charge in [0.15, 0.2) is 5.82 Å². The second kappa shape index (κ2) is 7.07. The minimum absolute atomic E-state index is 0.143. The molecule has 0 radical (unpaired) electrons. The normalized spacial score (nSPS) is 16.4. The smallest absolute Gasteiger partial charge is 0.151 e. The molecule has 24 heavy (non-hydrogen) atoms. The Morgan fingerprint density at radius 1 is 1.29 bits per heavy atom. The van der Waals surface area contributed by atoms with Crippen LogP contribution >= 0.6 is 11.3 Å². The molecule has 1 aliphatic heterocycles. The van der Waals surface area contributed by atoms with Gasteiger partial charge in [0.2, 0.25) is 0 Å². The third-order valence-corrected chi connectivity index (χ3v) is 5.70. The van der Waals surface area contributed by atoms with Crippen LogP contribution in [0, 0.1) is 0 Å². The quantitative estimate of drug-likeness (QED) is 0.888. The van der Waals surface area contributed by atoms with Crippen LogP contribution in [0.25, 0.3) is 0 Å². The minimum atomic E-state index is -0.174. The fourth-order valence-corrected chi connectivity index (χ4v) is 3.69. The van der Waals surface area contributed by atoms with Gasteiger partial charge < -0.3 is 15.3 Å². The van der Waals surface area contributed by atoms with Crippen LogP contribution in [0.5, 0.6) is 0 Å². The Bertz CT molecular complexity index is 672. The summed E-state index contributed by atoms with van der Waals surface area (Å²) in [6.07, 6.45) is 5.24. The predicted molar refractivity (Wildman–Crippen MR) is 99.8 cm³/mol. The van der Waals surface area contributed by atoms with E-state index in [2.05, 4.69) is 47.0 Å². The van der Waals surface area contributed by atoms with Crippen molar-refractivity contribution < 1.29 is 5.11 Å². The lowest BCUT2D eigenvalue weighted by Crippen LogP contribution is -2.36. The lowest BCUT2D eigenvalue weighted by atomic mass is 9.96. The van der Waals surface area contributed by atoms with Crippen molar-refractivity contribution in [1.29, 1.82) is 0 Å². The maximum absolute atomic E-state index is 9.69. The molecular weight excluding hydrogens is 320 g/mol. The molecule has 0 spiro atoms. The average molecular weight is 347 g/mol. The molecule has 0 atom stereocenters. The molecule has 1 saturated heterocycles. The van der Waals surface area contributed by atoms with Crippen molar-refractivity contribution in [1.82, 2.24) is 9.97 Å². The summed E-state index contributed by atoms with van der Waals surface area (Å²) in [6.45, 7) is 9.03. The van der Waals surface area contributed by atoms with E-state index in [-0.39, 0.29) is 11.5 Å². The summed E-state index contributed by atoms with van der Waals surface area (Å²) in [4.78, 5) is 12.6. The van der Waals surface area contributed by atoms with Gasteiger partial charge >= 0.3 is 0 Å². The highest BCUT2D eigenvalue weighted by Gasteiger charge is 2.21. The molecule has 0 saturated carbocycles. The van der Waals surface area contributed by atoms with Gasteiger partial charge in [0.1, 0.15) is 5.01 Å². The number of aromatic nitrogens is 2. The fraction of sp³-hybridized carbons (Fsp3) is 0.556. The third kappa shape index (κ3) is 4.05. The monoisotopic (exact) mass is 346 g/mol. The zero-order valence-corrected chi connectivity index (χ0v) is 15.4. The molecule has 130 valence electrons. The van der Waals surface area contributed by atoms with Gasteiger partial charge in [-0.15, -0.1) is 11.3 Å². The second-order valence-electron chi connectivity index (χ2n) is 7.31. The SMILES string of the molecule is CC(C)(C)c1cnc(CNc2cccnc2N2CCC(O)CC2)s1. The van der Waals surface area contributed by atoms with Crippen LogP contribution in [-0.4, -0.2) is 34.3 Å². The van der Waals surface area contributed by atoms with Gasteiger partial charge in [0, 0.05) is 30.4 Å². The van der Waals surface area contributed by atoms with E-state index < -0.39 is 0 Å². The Hall–Kier alpha value is -1.66. The van der Waals surface area contributed by atoms with Crippen molar-refractivity contribution >= 4 is 22.8 Å². The first-order chi connectivity index (χ1) is 11.4. The Labute approximate surface area is 147 Å². The van der Waals surface area contributed by atoms with Gasteiger partial charge in [-0.2, -0.15) is 0 Å². The van der Waals surface area contributed by atoms with E-state index in [1.165, 1.54) is 4.88 Å². The fourth-order valence-electron chi connectivity index (χ4n) is 2.77. The molecule has 2 aromatic rings. The maximum atomic E-state index is 9.69. The molecular formula is C18H26N4OS. The highest BCUT2D eigenvalue weighted by atomic mass is 32.1. The summed E-state index contributed by atoms with van der Waals surface area (Å²) >= 11 is 1.76. The van der Waals surface area contributed by atoms with Crippen LogP contribution in [0.3, 0.4) is 0 Å². The molecule has 3 heterocycles. The van der Waals surface area contributed by atoms with Gasteiger partial charge in [-0.3, -0.25) is 0 Å². The van der Waals surface area contributed by atoms with Crippen molar-refractivity contribution in [2.24, 2.45) is 0 Å². The van der Waals surface area contributed by atoms with Crippen molar-refractivity contribution in [3.8, 4) is 0 Å². The van der Waals surface area contributed by atoms with Gasteiger partial charge in [0.05, 0.1) is 18.3 Å². The molecule has 0 aromatic carbocycles. The number of thiazole rings is 1. The van der Waals surface area contributed by atoms with E-state index in [0.29, 0.717) is 6.54 Å². The number of hydrogen-bond donors (Lipinski definition) is 2. The summed E-state index contributed by atoms with van der Waals surface area (Å²) in [5, 5.41) is 14.3. The summed E-state index contributed by atoms with van der Waals surface area (Å²) in [5.41, 5.74) is 1.17. The number of aliphatic hydroxyl groups is 1. The number of rotatable bonds is 4. The van der Waals surface area contributed by atoms with E-state index in [0.717, 1.165) is 42.4 Å². The summed E-state index contributed by atoms with van der Waals surface area (Å²) in [6, 6.07) is 4.01. The Morgan fingerprint density at radius 2 is 2.04 bits per heavy atom. The lowest BCUT2D eigenvalue weighted by molar-refractivity contribution is 0.145. The van der Waals surface area contributed by atoms with Gasteiger partial charge in [0.25, 0.3) is 0 Å². The summed E-state index contributed by atoms with van der Waals surface area (Å²) in [7, 11) is 0. The Morgan fingerprint density at radius 3 is 2.71 bits per heavy atom. The Kier molecular flexibility index (Phi) is 5.06. The molecule has 2 N–H and O–H groups in total. The molecule has 1 fully saturated rings. The topological polar surface area (TPSA) is 61.3 Å². The summed E-state index contributed by atoms with van der Waals surface area (Å²) < 4.78 is 0. The number of aliphatic hydroxyl groups excluding tert-OH is 1. The van der Waals surface area contributed by atoms with E-state index in [1.54, 1.807) is 11.3 Å². The van der Waals surface area contributed by atoms with Crippen LogP contribution < -0.4 is 10.2 Å². The molecule has 0 bridgehead atoms. The highest BCUT2D eigenvalue weighted by molar-refractivity contribution is 7.11. The molecule has 1 aliphatic rings. The molecule has 5 nitrogen and oxygen atoms in total. The van der Waals surface area contributed by atoms with Crippen LogP contribution in [0.4, 0.5) is 11.5 Å². The van der Waals surface area contributed by atoms with Crippen molar-refractivity contribution in [3.05, 3.63) is 34.4 Å². The second-order valence-corrected chi connectivity index (χ2v) is 8.43. The largest absolute Gasteiger partial charge is 0.393 e. The number of hydrogen-bond acceptors (Lipinski definition) is 6. The van der Waals surface area contributed by atoms with Crippen LogP contribution in [0.15, 0.2) is 24.5 Å². The van der Waals surface area contributed by atoms with Gasteiger partial charge in [-0.05, 0) is 30.4 Å². The van der Waals surface area contributed by atoms with E-state index >= 15 is 0 Å². The van der Waals surface area contributed by atoms with Crippen LogP contribution in [0.2, 0.25) is 0 Å². The first-order valence-electron chi connectivity index (χ1n) is 8.50. The van der Waals surface area contributed by atoms with Crippen molar-refractivity contribution in [3.63, 3.8) is 0 Å².